The van der Waals surface area contributed by atoms with E-state index >= 15 is 0 Å². The summed E-state index contributed by atoms with van der Waals surface area (Å²) in [6, 6.07) is 1.99. The fourth-order valence-corrected chi connectivity index (χ4v) is 4.00. The third-order valence-corrected chi connectivity index (χ3v) is 5.57. The van der Waals surface area contributed by atoms with E-state index in [2.05, 4.69) is 25.9 Å². The summed E-state index contributed by atoms with van der Waals surface area (Å²) in [4.78, 5) is 28.8. The minimum atomic E-state index is -0.431. The third kappa shape index (κ3) is 3.57. The van der Waals surface area contributed by atoms with Crippen molar-refractivity contribution in [2.45, 2.75) is 71.1 Å². The zero-order valence-corrected chi connectivity index (χ0v) is 16.1. The highest BCUT2D eigenvalue weighted by atomic mass is 16.6. The van der Waals surface area contributed by atoms with E-state index in [-0.39, 0.29) is 18.0 Å². The summed E-state index contributed by atoms with van der Waals surface area (Å²) in [6.07, 6.45) is 5.84. The van der Waals surface area contributed by atoms with Crippen LogP contribution in [0.4, 0.5) is 4.79 Å². The number of likely N-dealkylation sites (tertiary alicyclic amines) is 1. The Morgan fingerprint density at radius 2 is 2.04 bits per heavy atom. The van der Waals surface area contributed by atoms with Gasteiger partial charge in [-0.3, -0.25) is 9.48 Å². The van der Waals surface area contributed by atoms with Gasteiger partial charge in [-0.25, -0.2) is 4.79 Å². The van der Waals surface area contributed by atoms with Crippen molar-refractivity contribution in [2.24, 2.45) is 0 Å². The number of piperidine rings is 1. The van der Waals surface area contributed by atoms with Gasteiger partial charge in [-0.1, -0.05) is 20.3 Å². The molecule has 1 atom stereocenters. The SMILES string of the molecule is CCCC(C)N1CC2(CCN(C(=O)c3ccnn3CCC)CC2)OC1=O. The van der Waals surface area contributed by atoms with Crippen molar-refractivity contribution in [3.05, 3.63) is 18.0 Å². The molecular weight excluding hydrogens is 332 g/mol. The molecule has 1 aromatic rings. The first-order chi connectivity index (χ1) is 12.5. The zero-order chi connectivity index (χ0) is 18.7. The smallest absolute Gasteiger partial charge is 0.410 e. The maximum atomic E-state index is 12.8. The summed E-state index contributed by atoms with van der Waals surface area (Å²) in [5, 5.41) is 4.24. The molecule has 3 heterocycles. The first-order valence-corrected chi connectivity index (χ1v) is 9.80. The molecule has 7 nitrogen and oxygen atoms in total. The van der Waals surface area contributed by atoms with E-state index in [1.807, 2.05) is 9.80 Å². The number of nitrogens with zero attached hydrogens (tertiary/aromatic N) is 4. The number of carbonyl (C=O) groups excluding carboxylic acids is 2. The first kappa shape index (κ1) is 18.7. The van der Waals surface area contributed by atoms with Crippen LogP contribution < -0.4 is 0 Å². The fourth-order valence-electron chi connectivity index (χ4n) is 4.00. The van der Waals surface area contributed by atoms with Crippen LogP contribution in [0.5, 0.6) is 0 Å². The minimum Gasteiger partial charge on any atom is -0.441 e. The summed E-state index contributed by atoms with van der Waals surface area (Å²) in [7, 11) is 0. The molecule has 144 valence electrons. The minimum absolute atomic E-state index is 0.0198. The van der Waals surface area contributed by atoms with E-state index in [1.54, 1.807) is 16.9 Å². The molecule has 0 radical (unpaired) electrons. The molecular formula is C19H30N4O3. The standard InChI is InChI=1S/C19H30N4O3/c1-4-6-15(3)22-14-19(26-18(22)25)8-12-21(13-9-19)17(24)16-7-10-20-23(16)11-5-2/h7,10,15H,4-6,8-9,11-14H2,1-3H3. The number of rotatable bonds is 6. The molecule has 1 aromatic heterocycles. The van der Waals surface area contributed by atoms with Crippen molar-refractivity contribution in [1.82, 2.24) is 19.6 Å². The molecule has 2 aliphatic rings. The van der Waals surface area contributed by atoms with Gasteiger partial charge >= 0.3 is 6.09 Å². The molecule has 26 heavy (non-hydrogen) atoms. The van der Waals surface area contributed by atoms with E-state index in [1.165, 1.54) is 0 Å². The quantitative estimate of drug-likeness (QED) is 0.780. The van der Waals surface area contributed by atoms with Gasteiger partial charge in [-0.2, -0.15) is 5.10 Å². The van der Waals surface area contributed by atoms with Gasteiger partial charge in [0.15, 0.2) is 0 Å². The molecule has 2 fully saturated rings. The number of hydrogen-bond acceptors (Lipinski definition) is 4. The molecule has 2 amide bonds. The van der Waals surface area contributed by atoms with Crippen LogP contribution in [0.15, 0.2) is 12.3 Å². The van der Waals surface area contributed by atoms with Gasteiger partial charge < -0.3 is 14.5 Å². The number of aromatic nitrogens is 2. The van der Waals surface area contributed by atoms with Crippen molar-refractivity contribution in [3.63, 3.8) is 0 Å². The summed E-state index contributed by atoms with van der Waals surface area (Å²) < 4.78 is 7.56. The average Bonchev–Trinajstić information content (AvgIpc) is 3.20. The molecule has 2 saturated heterocycles. The van der Waals surface area contributed by atoms with Crippen molar-refractivity contribution >= 4 is 12.0 Å². The maximum absolute atomic E-state index is 12.8. The first-order valence-electron chi connectivity index (χ1n) is 9.80. The van der Waals surface area contributed by atoms with Gasteiger partial charge in [0, 0.05) is 44.7 Å². The van der Waals surface area contributed by atoms with E-state index in [4.69, 9.17) is 4.74 Å². The molecule has 0 N–H and O–H groups in total. The molecule has 0 aliphatic carbocycles. The predicted molar refractivity (Wildman–Crippen MR) is 97.9 cm³/mol. The lowest BCUT2D eigenvalue weighted by molar-refractivity contribution is 0.00273. The Morgan fingerprint density at radius 3 is 2.69 bits per heavy atom. The highest BCUT2D eigenvalue weighted by Crippen LogP contribution is 2.35. The third-order valence-electron chi connectivity index (χ3n) is 5.57. The Bertz CT molecular complexity index is 649. The number of amides is 2. The van der Waals surface area contributed by atoms with Gasteiger partial charge in [0.25, 0.3) is 5.91 Å². The van der Waals surface area contributed by atoms with Crippen LogP contribution >= 0.6 is 0 Å². The van der Waals surface area contributed by atoms with Crippen LogP contribution in [-0.2, 0) is 11.3 Å². The number of ether oxygens (including phenoxy) is 1. The predicted octanol–water partition coefficient (Wildman–Crippen LogP) is 2.91. The average molecular weight is 362 g/mol. The maximum Gasteiger partial charge on any atom is 0.410 e. The van der Waals surface area contributed by atoms with Crippen LogP contribution in [0.25, 0.3) is 0 Å². The van der Waals surface area contributed by atoms with Gasteiger partial charge in [0.1, 0.15) is 11.3 Å². The molecule has 0 bridgehead atoms. The second-order valence-corrected chi connectivity index (χ2v) is 7.55. The van der Waals surface area contributed by atoms with E-state index in [0.717, 1.165) is 25.8 Å². The van der Waals surface area contributed by atoms with Crippen molar-refractivity contribution in [3.8, 4) is 0 Å². The Balaban J connectivity index is 1.61. The molecule has 0 saturated carbocycles. The van der Waals surface area contributed by atoms with Gasteiger partial charge in [-0.15, -0.1) is 0 Å². The lowest BCUT2D eigenvalue weighted by atomic mass is 9.90. The van der Waals surface area contributed by atoms with Gasteiger partial charge in [-0.05, 0) is 25.8 Å². The van der Waals surface area contributed by atoms with Crippen molar-refractivity contribution < 1.29 is 14.3 Å². The molecule has 2 aliphatic heterocycles. The summed E-state index contributed by atoms with van der Waals surface area (Å²) in [5.41, 5.74) is 0.212. The lowest BCUT2D eigenvalue weighted by Crippen LogP contribution is -2.49. The zero-order valence-electron chi connectivity index (χ0n) is 16.1. The van der Waals surface area contributed by atoms with Crippen LogP contribution in [0.3, 0.4) is 0 Å². The summed E-state index contributed by atoms with van der Waals surface area (Å²) in [5.74, 6) is 0.0198. The van der Waals surface area contributed by atoms with Crippen LogP contribution in [0, 0.1) is 0 Å². The summed E-state index contributed by atoms with van der Waals surface area (Å²) >= 11 is 0. The molecule has 7 heteroatoms. The topological polar surface area (TPSA) is 67.7 Å². The normalized spacial score (nSPS) is 20.5. The fraction of sp³-hybridized carbons (Fsp3) is 0.737. The second kappa shape index (κ2) is 7.68. The van der Waals surface area contributed by atoms with E-state index < -0.39 is 5.60 Å². The number of aryl methyl sites for hydroxylation is 1. The Labute approximate surface area is 155 Å². The van der Waals surface area contributed by atoms with Gasteiger partial charge in [0.05, 0.1) is 6.54 Å². The van der Waals surface area contributed by atoms with Crippen molar-refractivity contribution in [1.29, 1.82) is 0 Å². The summed E-state index contributed by atoms with van der Waals surface area (Å²) in [6.45, 7) is 8.88. The lowest BCUT2D eigenvalue weighted by Gasteiger charge is -2.37. The van der Waals surface area contributed by atoms with Crippen molar-refractivity contribution in [2.75, 3.05) is 19.6 Å². The monoisotopic (exact) mass is 362 g/mol. The second-order valence-electron chi connectivity index (χ2n) is 7.55. The number of carbonyl (C=O) groups is 2. The van der Waals surface area contributed by atoms with E-state index in [9.17, 15) is 9.59 Å². The molecule has 1 spiro atoms. The largest absolute Gasteiger partial charge is 0.441 e. The van der Waals surface area contributed by atoms with Crippen LogP contribution in [0.1, 0.15) is 63.4 Å². The van der Waals surface area contributed by atoms with Crippen LogP contribution in [0.2, 0.25) is 0 Å². The molecule has 0 aromatic carbocycles. The molecule has 1 unspecified atom stereocenters. The Morgan fingerprint density at radius 1 is 1.31 bits per heavy atom. The van der Waals surface area contributed by atoms with Gasteiger partial charge in [0.2, 0.25) is 0 Å². The Hall–Kier alpha value is -2.05. The highest BCUT2D eigenvalue weighted by Gasteiger charge is 2.48. The number of hydrogen-bond donors (Lipinski definition) is 0. The highest BCUT2D eigenvalue weighted by molar-refractivity contribution is 5.92. The van der Waals surface area contributed by atoms with E-state index in [0.29, 0.717) is 38.2 Å². The Kier molecular flexibility index (Phi) is 5.53. The van der Waals surface area contributed by atoms with Crippen LogP contribution in [-0.4, -0.2) is 62.9 Å². The molecule has 3 rings (SSSR count).